The van der Waals surface area contributed by atoms with Crippen LogP contribution in [0.15, 0.2) is 89.4 Å². The molecule has 23 heavy (non-hydrogen) atoms. The Hall–Kier alpha value is -2.39. The first-order valence-corrected chi connectivity index (χ1v) is 8.10. The molecule has 3 heteroatoms. The highest BCUT2D eigenvalue weighted by Crippen LogP contribution is 2.27. The number of halogens is 1. The Kier molecular flexibility index (Phi) is 4.89. The average Bonchev–Trinajstić information content (AvgIpc) is 2.61. The van der Waals surface area contributed by atoms with E-state index >= 15 is 0 Å². The third-order valence-electron chi connectivity index (χ3n) is 3.49. The van der Waals surface area contributed by atoms with Crippen LogP contribution in [-0.4, -0.2) is 5.97 Å². The molecule has 0 spiro atoms. The molecule has 0 heterocycles. The van der Waals surface area contributed by atoms with E-state index in [0.29, 0.717) is 5.56 Å². The molecule has 0 aromatic heterocycles. The molecule has 3 aromatic carbocycles. The third-order valence-corrected chi connectivity index (χ3v) is 3.98. The van der Waals surface area contributed by atoms with E-state index in [-0.39, 0.29) is 5.97 Å². The van der Waals surface area contributed by atoms with E-state index in [1.807, 2.05) is 72.8 Å². The number of rotatable bonds is 4. The van der Waals surface area contributed by atoms with Crippen LogP contribution in [-0.2, 0) is 4.74 Å². The van der Waals surface area contributed by atoms with Gasteiger partial charge in [0.25, 0.3) is 0 Å². The summed E-state index contributed by atoms with van der Waals surface area (Å²) in [6, 6.07) is 26.7. The molecular weight excluding hydrogens is 352 g/mol. The van der Waals surface area contributed by atoms with Crippen LogP contribution in [0.1, 0.15) is 27.6 Å². The molecule has 0 N–H and O–H groups in total. The van der Waals surface area contributed by atoms with E-state index in [9.17, 15) is 4.79 Å². The van der Waals surface area contributed by atoms with Crippen molar-refractivity contribution in [3.8, 4) is 0 Å². The fourth-order valence-corrected chi connectivity index (χ4v) is 2.77. The van der Waals surface area contributed by atoms with Crippen LogP contribution >= 0.6 is 15.9 Å². The molecule has 0 amide bonds. The van der Waals surface area contributed by atoms with E-state index in [1.54, 1.807) is 12.1 Å². The molecule has 3 rings (SSSR count). The zero-order valence-corrected chi connectivity index (χ0v) is 13.9. The highest BCUT2D eigenvalue weighted by molar-refractivity contribution is 9.10. The molecule has 0 saturated heterocycles. The Bertz CT molecular complexity index is 746. The van der Waals surface area contributed by atoms with Crippen molar-refractivity contribution in [3.63, 3.8) is 0 Å². The van der Waals surface area contributed by atoms with Crippen LogP contribution in [0.2, 0.25) is 0 Å². The summed E-state index contributed by atoms with van der Waals surface area (Å²) in [6.07, 6.45) is -0.427. The number of carbonyl (C=O) groups excluding carboxylic acids is 1. The minimum Gasteiger partial charge on any atom is -0.449 e. The molecule has 0 unspecified atom stereocenters. The van der Waals surface area contributed by atoms with Crippen LogP contribution in [0, 0.1) is 0 Å². The zero-order chi connectivity index (χ0) is 16.1. The third kappa shape index (κ3) is 3.88. The van der Waals surface area contributed by atoms with E-state index in [1.165, 1.54) is 0 Å². The molecule has 0 radical (unpaired) electrons. The molecule has 0 atom stereocenters. The molecular formula is C20H15BrO2. The lowest BCUT2D eigenvalue weighted by atomic mass is 10.0. The van der Waals surface area contributed by atoms with Gasteiger partial charge in [-0.1, -0.05) is 82.7 Å². The molecule has 2 nitrogen and oxygen atoms in total. The highest BCUT2D eigenvalue weighted by Gasteiger charge is 2.19. The van der Waals surface area contributed by atoms with E-state index in [4.69, 9.17) is 4.74 Å². The van der Waals surface area contributed by atoms with Gasteiger partial charge in [0.15, 0.2) is 6.10 Å². The van der Waals surface area contributed by atoms with Crippen molar-refractivity contribution in [2.75, 3.05) is 0 Å². The molecule has 0 aliphatic rings. The summed E-state index contributed by atoms with van der Waals surface area (Å²) in [5.41, 5.74) is 2.42. The van der Waals surface area contributed by atoms with E-state index in [0.717, 1.165) is 15.6 Å². The Labute approximate surface area is 143 Å². The van der Waals surface area contributed by atoms with E-state index in [2.05, 4.69) is 15.9 Å². The number of esters is 1. The summed E-state index contributed by atoms with van der Waals surface area (Å²) in [5.74, 6) is -0.344. The van der Waals surface area contributed by atoms with E-state index < -0.39 is 6.10 Å². The lowest BCUT2D eigenvalue weighted by molar-refractivity contribution is 0.0378. The van der Waals surface area contributed by atoms with Crippen molar-refractivity contribution >= 4 is 21.9 Å². The largest absolute Gasteiger partial charge is 0.449 e. The minimum atomic E-state index is -0.427. The number of hydrogen-bond acceptors (Lipinski definition) is 2. The maximum absolute atomic E-state index is 12.5. The maximum atomic E-state index is 12.5. The lowest BCUT2D eigenvalue weighted by Gasteiger charge is -2.19. The zero-order valence-electron chi connectivity index (χ0n) is 12.4. The van der Waals surface area contributed by atoms with Gasteiger partial charge in [-0.05, 0) is 29.3 Å². The van der Waals surface area contributed by atoms with Gasteiger partial charge < -0.3 is 4.74 Å². The predicted molar refractivity (Wildman–Crippen MR) is 94.3 cm³/mol. The molecule has 3 aromatic rings. The lowest BCUT2D eigenvalue weighted by Crippen LogP contribution is -2.13. The SMILES string of the molecule is O=C(OC(c1ccccc1)c1ccccc1)c1cccc(Br)c1. The summed E-state index contributed by atoms with van der Waals surface area (Å²) in [6.45, 7) is 0. The van der Waals surface area contributed by atoms with Crippen molar-refractivity contribution < 1.29 is 9.53 Å². The van der Waals surface area contributed by atoms with Gasteiger partial charge in [-0.25, -0.2) is 4.79 Å². The normalized spacial score (nSPS) is 10.5. The van der Waals surface area contributed by atoms with Gasteiger partial charge in [-0.2, -0.15) is 0 Å². The first-order valence-electron chi connectivity index (χ1n) is 7.30. The predicted octanol–water partition coefficient (Wildman–Crippen LogP) is 5.40. The van der Waals surface area contributed by atoms with Gasteiger partial charge >= 0.3 is 5.97 Å². The van der Waals surface area contributed by atoms with Crippen LogP contribution in [0.25, 0.3) is 0 Å². The number of hydrogen-bond donors (Lipinski definition) is 0. The van der Waals surface area contributed by atoms with Crippen molar-refractivity contribution in [1.29, 1.82) is 0 Å². The second-order valence-corrected chi connectivity index (χ2v) is 6.03. The second-order valence-electron chi connectivity index (χ2n) is 5.12. The topological polar surface area (TPSA) is 26.3 Å². The second kappa shape index (κ2) is 7.25. The molecule has 0 fully saturated rings. The average molecular weight is 367 g/mol. The number of benzene rings is 3. The van der Waals surface area contributed by atoms with Crippen LogP contribution < -0.4 is 0 Å². The fourth-order valence-electron chi connectivity index (χ4n) is 2.37. The first kappa shape index (κ1) is 15.5. The summed E-state index contributed by atoms with van der Waals surface area (Å²) >= 11 is 3.38. The van der Waals surface area contributed by atoms with Crippen molar-refractivity contribution in [3.05, 3.63) is 106 Å². The molecule has 0 bridgehead atoms. The van der Waals surface area contributed by atoms with Crippen LogP contribution in [0.5, 0.6) is 0 Å². The quantitative estimate of drug-likeness (QED) is 0.578. The van der Waals surface area contributed by atoms with Crippen LogP contribution in [0.4, 0.5) is 0 Å². The number of carbonyl (C=O) groups is 1. The summed E-state index contributed by atoms with van der Waals surface area (Å²) in [4.78, 5) is 12.5. The summed E-state index contributed by atoms with van der Waals surface area (Å²) < 4.78 is 6.65. The van der Waals surface area contributed by atoms with Gasteiger partial charge in [0.1, 0.15) is 0 Å². The van der Waals surface area contributed by atoms with Crippen molar-refractivity contribution in [1.82, 2.24) is 0 Å². The Morgan fingerprint density at radius 1 is 0.783 bits per heavy atom. The molecule has 0 aliphatic carbocycles. The van der Waals surface area contributed by atoms with Gasteiger partial charge in [0.2, 0.25) is 0 Å². The van der Waals surface area contributed by atoms with Gasteiger partial charge in [-0.3, -0.25) is 0 Å². The van der Waals surface area contributed by atoms with Crippen molar-refractivity contribution in [2.45, 2.75) is 6.10 Å². The van der Waals surface area contributed by atoms with Crippen molar-refractivity contribution in [2.24, 2.45) is 0 Å². The number of ether oxygens (including phenoxy) is 1. The molecule has 114 valence electrons. The van der Waals surface area contributed by atoms with Gasteiger partial charge in [-0.15, -0.1) is 0 Å². The maximum Gasteiger partial charge on any atom is 0.339 e. The summed E-state index contributed by atoms with van der Waals surface area (Å²) in [5, 5.41) is 0. The highest BCUT2D eigenvalue weighted by atomic mass is 79.9. The van der Waals surface area contributed by atoms with Crippen LogP contribution in [0.3, 0.4) is 0 Å². The first-order chi connectivity index (χ1) is 11.2. The standard InChI is InChI=1S/C20H15BrO2/c21-18-13-7-12-17(14-18)20(22)23-19(15-8-3-1-4-9-15)16-10-5-2-6-11-16/h1-14,19H. The Balaban J connectivity index is 1.92. The smallest absolute Gasteiger partial charge is 0.339 e. The fraction of sp³-hybridized carbons (Fsp3) is 0.0500. The summed E-state index contributed by atoms with van der Waals surface area (Å²) in [7, 11) is 0. The monoisotopic (exact) mass is 366 g/mol. The van der Waals surface area contributed by atoms with Gasteiger partial charge in [0.05, 0.1) is 5.56 Å². The minimum absolute atomic E-state index is 0.344. The Morgan fingerprint density at radius 2 is 1.35 bits per heavy atom. The molecule has 0 saturated carbocycles. The van der Waals surface area contributed by atoms with Gasteiger partial charge in [0, 0.05) is 4.47 Å². The Morgan fingerprint density at radius 3 is 1.87 bits per heavy atom. The molecule has 0 aliphatic heterocycles.